The molecule has 0 spiro atoms. The number of primary amides is 1. The molecule has 3 N–H and O–H groups in total. The largest absolute Gasteiger partial charge is 0.484 e. The number of carbonyl (C=O) groups excluding carboxylic acids is 1. The summed E-state index contributed by atoms with van der Waals surface area (Å²) in [7, 11) is 0. The smallest absolute Gasteiger partial charge is 0.255 e. The van der Waals surface area contributed by atoms with Gasteiger partial charge >= 0.3 is 0 Å². The van der Waals surface area contributed by atoms with Crippen molar-refractivity contribution in [3.05, 3.63) is 29.8 Å². The average Bonchev–Trinajstić information content (AvgIpc) is 2.47. The van der Waals surface area contributed by atoms with E-state index >= 15 is 0 Å². The monoisotopic (exact) mass is 278 g/mol. The van der Waals surface area contributed by atoms with Gasteiger partial charge in [-0.15, -0.1) is 0 Å². The fraction of sp³-hybridized carbons (Fsp3) is 0.533. The molecule has 1 aliphatic heterocycles. The third-order valence-corrected chi connectivity index (χ3v) is 3.41. The molecule has 1 saturated heterocycles. The molecule has 110 valence electrons. The molecule has 1 heterocycles. The van der Waals surface area contributed by atoms with Gasteiger partial charge in [-0.25, -0.2) is 0 Å². The summed E-state index contributed by atoms with van der Waals surface area (Å²) in [6.07, 6.45) is 2.29. The fourth-order valence-corrected chi connectivity index (χ4v) is 2.23. The van der Waals surface area contributed by atoms with Crippen molar-refractivity contribution in [2.24, 2.45) is 11.7 Å². The number of hydrogen-bond donors (Lipinski definition) is 2. The second-order valence-electron chi connectivity index (χ2n) is 5.09. The van der Waals surface area contributed by atoms with Gasteiger partial charge in [0.2, 0.25) is 0 Å². The molecule has 1 amide bonds. The van der Waals surface area contributed by atoms with Gasteiger partial charge in [0.05, 0.1) is 0 Å². The topological polar surface area (TPSA) is 73.6 Å². The van der Waals surface area contributed by atoms with Crippen LogP contribution in [0.2, 0.25) is 0 Å². The molecule has 0 aromatic heterocycles. The molecule has 0 radical (unpaired) electrons. The highest BCUT2D eigenvalue weighted by atomic mass is 16.5. The first-order valence-corrected chi connectivity index (χ1v) is 7.02. The van der Waals surface area contributed by atoms with Crippen molar-refractivity contribution < 1.29 is 14.3 Å². The molecule has 20 heavy (non-hydrogen) atoms. The Hall–Kier alpha value is -1.59. The van der Waals surface area contributed by atoms with Gasteiger partial charge in [-0.1, -0.05) is 12.1 Å². The van der Waals surface area contributed by atoms with Crippen molar-refractivity contribution in [3.8, 4) is 5.75 Å². The zero-order valence-electron chi connectivity index (χ0n) is 11.6. The number of rotatable bonds is 7. The van der Waals surface area contributed by atoms with E-state index in [1.807, 2.05) is 24.3 Å². The van der Waals surface area contributed by atoms with Crippen LogP contribution >= 0.6 is 0 Å². The summed E-state index contributed by atoms with van der Waals surface area (Å²) >= 11 is 0. The van der Waals surface area contributed by atoms with Gasteiger partial charge in [-0.2, -0.15) is 0 Å². The quantitative estimate of drug-likeness (QED) is 0.782. The van der Waals surface area contributed by atoms with Gasteiger partial charge in [-0.3, -0.25) is 4.79 Å². The van der Waals surface area contributed by atoms with Gasteiger partial charge < -0.3 is 20.5 Å². The van der Waals surface area contributed by atoms with Crippen LogP contribution < -0.4 is 15.8 Å². The maximum atomic E-state index is 10.6. The first-order valence-electron chi connectivity index (χ1n) is 7.02. The number of ether oxygens (including phenoxy) is 2. The van der Waals surface area contributed by atoms with E-state index in [9.17, 15) is 4.79 Å². The highest BCUT2D eigenvalue weighted by molar-refractivity contribution is 5.75. The van der Waals surface area contributed by atoms with Crippen molar-refractivity contribution in [2.45, 2.75) is 19.4 Å². The molecule has 2 rings (SSSR count). The first kappa shape index (κ1) is 14.8. The van der Waals surface area contributed by atoms with Crippen LogP contribution in [0.25, 0.3) is 0 Å². The zero-order valence-corrected chi connectivity index (χ0v) is 11.6. The number of amides is 1. The second-order valence-corrected chi connectivity index (χ2v) is 5.09. The number of benzene rings is 1. The van der Waals surface area contributed by atoms with Crippen LogP contribution in [0.15, 0.2) is 24.3 Å². The molecule has 5 nitrogen and oxygen atoms in total. The molecule has 1 aromatic carbocycles. The molecule has 5 heteroatoms. The van der Waals surface area contributed by atoms with Crippen LogP contribution in [-0.2, 0) is 16.1 Å². The van der Waals surface area contributed by atoms with Crippen LogP contribution in [0.5, 0.6) is 5.75 Å². The normalized spacial score (nSPS) is 16.0. The summed E-state index contributed by atoms with van der Waals surface area (Å²) in [4.78, 5) is 10.6. The lowest BCUT2D eigenvalue weighted by Crippen LogP contribution is -2.27. The minimum absolute atomic E-state index is 0.0820. The Morgan fingerprint density at radius 3 is 2.65 bits per heavy atom. The highest BCUT2D eigenvalue weighted by Gasteiger charge is 2.12. The Morgan fingerprint density at radius 1 is 1.30 bits per heavy atom. The van der Waals surface area contributed by atoms with Crippen LogP contribution in [0.4, 0.5) is 0 Å². The predicted molar refractivity (Wildman–Crippen MR) is 76.4 cm³/mol. The van der Waals surface area contributed by atoms with Crippen LogP contribution in [0, 0.1) is 5.92 Å². The highest BCUT2D eigenvalue weighted by Crippen LogP contribution is 2.14. The Kier molecular flexibility index (Phi) is 5.83. The number of nitrogens with two attached hydrogens (primary N) is 1. The van der Waals surface area contributed by atoms with Gasteiger partial charge in [0.15, 0.2) is 6.61 Å². The SMILES string of the molecule is NC(=O)COc1ccc(CNCC2CCOCC2)cc1. The maximum Gasteiger partial charge on any atom is 0.255 e. The van der Waals surface area contributed by atoms with Gasteiger partial charge in [0.1, 0.15) is 5.75 Å². The third kappa shape index (κ3) is 5.19. The minimum Gasteiger partial charge on any atom is -0.484 e. The van der Waals surface area contributed by atoms with Crippen molar-refractivity contribution in [2.75, 3.05) is 26.4 Å². The van der Waals surface area contributed by atoms with Gasteiger partial charge in [0.25, 0.3) is 5.91 Å². The lowest BCUT2D eigenvalue weighted by molar-refractivity contribution is -0.119. The van der Waals surface area contributed by atoms with E-state index in [-0.39, 0.29) is 6.61 Å². The summed E-state index contributed by atoms with van der Waals surface area (Å²) in [6, 6.07) is 7.70. The standard InChI is InChI=1S/C15H22N2O3/c16-15(18)11-20-14-3-1-12(2-4-14)9-17-10-13-5-7-19-8-6-13/h1-4,13,17H,5-11H2,(H2,16,18). The van der Waals surface area contributed by atoms with Crippen molar-refractivity contribution in [3.63, 3.8) is 0 Å². The summed E-state index contributed by atoms with van der Waals surface area (Å²) in [5.41, 5.74) is 6.22. The van der Waals surface area contributed by atoms with Crippen molar-refractivity contribution >= 4 is 5.91 Å². The molecule has 1 aliphatic rings. The summed E-state index contributed by atoms with van der Waals surface area (Å²) < 4.78 is 10.6. The molecule has 0 unspecified atom stereocenters. The predicted octanol–water partition coefficient (Wildman–Crippen LogP) is 1.07. The van der Waals surface area contributed by atoms with Crippen LogP contribution in [0.3, 0.4) is 0 Å². The second kappa shape index (κ2) is 7.87. The Labute approximate surface area is 119 Å². The summed E-state index contributed by atoms with van der Waals surface area (Å²) in [5, 5.41) is 3.47. The average molecular weight is 278 g/mol. The Bertz CT molecular complexity index is 414. The van der Waals surface area contributed by atoms with E-state index in [1.165, 1.54) is 5.56 Å². The Morgan fingerprint density at radius 2 is 2.00 bits per heavy atom. The van der Waals surface area contributed by atoms with E-state index in [0.717, 1.165) is 45.1 Å². The zero-order chi connectivity index (χ0) is 14.2. The molecule has 0 aliphatic carbocycles. The van der Waals surface area contributed by atoms with Gasteiger partial charge in [0, 0.05) is 19.8 Å². The molecule has 1 fully saturated rings. The number of hydrogen-bond acceptors (Lipinski definition) is 4. The van der Waals surface area contributed by atoms with E-state index in [0.29, 0.717) is 5.75 Å². The molecular formula is C15H22N2O3. The first-order chi connectivity index (χ1) is 9.74. The molecular weight excluding hydrogens is 256 g/mol. The van der Waals surface area contributed by atoms with E-state index in [4.69, 9.17) is 15.2 Å². The minimum atomic E-state index is -0.466. The molecule has 1 aromatic rings. The van der Waals surface area contributed by atoms with Gasteiger partial charge in [-0.05, 0) is 43.0 Å². The summed E-state index contributed by atoms with van der Waals surface area (Å²) in [5.74, 6) is 0.922. The lowest BCUT2D eigenvalue weighted by Gasteiger charge is -2.22. The van der Waals surface area contributed by atoms with Crippen LogP contribution in [-0.4, -0.2) is 32.3 Å². The van der Waals surface area contributed by atoms with Crippen molar-refractivity contribution in [1.82, 2.24) is 5.32 Å². The lowest BCUT2D eigenvalue weighted by atomic mass is 10.0. The molecule has 0 saturated carbocycles. The van der Waals surface area contributed by atoms with Crippen LogP contribution in [0.1, 0.15) is 18.4 Å². The van der Waals surface area contributed by atoms with Crippen molar-refractivity contribution in [1.29, 1.82) is 0 Å². The molecule has 0 atom stereocenters. The summed E-state index contributed by atoms with van der Waals surface area (Å²) in [6.45, 7) is 3.56. The maximum absolute atomic E-state index is 10.6. The van der Waals surface area contributed by atoms with E-state index < -0.39 is 5.91 Å². The Balaban J connectivity index is 1.69. The van der Waals surface area contributed by atoms with E-state index in [2.05, 4.69) is 5.32 Å². The molecule has 0 bridgehead atoms. The number of nitrogens with one attached hydrogen (secondary N) is 1. The van der Waals surface area contributed by atoms with E-state index in [1.54, 1.807) is 0 Å². The third-order valence-electron chi connectivity index (χ3n) is 3.41. The fourth-order valence-electron chi connectivity index (χ4n) is 2.23. The number of carbonyl (C=O) groups is 1.